The Kier molecular flexibility index (Phi) is 6.37. The number of piperazine rings is 1. The Morgan fingerprint density at radius 1 is 0.933 bits per heavy atom. The topological polar surface area (TPSA) is 64.2 Å². The number of carbonyl (C=O) groups is 3. The van der Waals surface area contributed by atoms with Crippen molar-refractivity contribution in [1.82, 2.24) is 14.7 Å². The van der Waals surface area contributed by atoms with E-state index in [1.165, 1.54) is 5.56 Å². The molecule has 1 aromatic carbocycles. The molecule has 3 heterocycles. The van der Waals surface area contributed by atoms with E-state index in [4.69, 9.17) is 0 Å². The lowest BCUT2D eigenvalue weighted by molar-refractivity contribution is -0.138. The van der Waals surface area contributed by atoms with Gasteiger partial charge < -0.3 is 14.7 Å². The molecule has 0 unspecified atom stereocenters. The van der Waals surface area contributed by atoms with Gasteiger partial charge in [0.2, 0.25) is 17.7 Å². The Morgan fingerprint density at radius 2 is 1.60 bits per heavy atom. The van der Waals surface area contributed by atoms with E-state index in [0.717, 1.165) is 38.0 Å². The molecule has 162 valence electrons. The molecule has 0 aliphatic carbocycles. The Labute approximate surface area is 178 Å². The highest BCUT2D eigenvalue weighted by Gasteiger charge is 2.38. The van der Waals surface area contributed by atoms with E-state index in [1.54, 1.807) is 4.90 Å². The average molecular weight is 413 g/mol. The summed E-state index contributed by atoms with van der Waals surface area (Å²) in [6.45, 7) is 7.46. The molecule has 0 N–H and O–H groups in total. The monoisotopic (exact) mass is 412 g/mol. The molecule has 3 aliphatic rings. The smallest absolute Gasteiger partial charge is 0.236 e. The second kappa shape index (κ2) is 9.16. The van der Waals surface area contributed by atoms with Crippen LogP contribution in [-0.4, -0.2) is 84.8 Å². The number of carbonyl (C=O) groups excluding carboxylic acids is 3. The van der Waals surface area contributed by atoms with Crippen LogP contribution < -0.4 is 4.90 Å². The zero-order chi connectivity index (χ0) is 21.1. The van der Waals surface area contributed by atoms with Gasteiger partial charge in [-0.25, -0.2) is 0 Å². The van der Waals surface area contributed by atoms with Crippen LogP contribution in [0.1, 0.15) is 31.7 Å². The van der Waals surface area contributed by atoms with Crippen LogP contribution in [0.15, 0.2) is 24.3 Å². The zero-order valence-corrected chi connectivity index (χ0v) is 17.9. The van der Waals surface area contributed by atoms with Crippen molar-refractivity contribution in [1.29, 1.82) is 0 Å². The zero-order valence-electron chi connectivity index (χ0n) is 17.9. The maximum Gasteiger partial charge on any atom is 0.236 e. The van der Waals surface area contributed by atoms with Crippen molar-refractivity contribution in [2.24, 2.45) is 5.92 Å². The third-order valence-corrected chi connectivity index (χ3v) is 6.63. The summed E-state index contributed by atoms with van der Waals surface area (Å²) in [6, 6.07) is 8.03. The van der Waals surface area contributed by atoms with Gasteiger partial charge in [0.05, 0.1) is 12.5 Å². The Bertz CT molecular complexity index is 780. The Hall–Kier alpha value is -2.41. The molecular weight excluding hydrogens is 380 g/mol. The predicted octanol–water partition coefficient (Wildman–Crippen LogP) is 1.37. The van der Waals surface area contributed by atoms with Crippen molar-refractivity contribution < 1.29 is 14.4 Å². The molecule has 0 spiro atoms. The number of amides is 3. The van der Waals surface area contributed by atoms with E-state index in [1.807, 2.05) is 34.1 Å². The first-order valence-corrected chi connectivity index (χ1v) is 11.2. The molecule has 3 aliphatic heterocycles. The maximum absolute atomic E-state index is 13.0. The van der Waals surface area contributed by atoms with Crippen LogP contribution in [0.2, 0.25) is 0 Å². The molecule has 1 atom stereocenters. The first-order valence-electron chi connectivity index (χ1n) is 11.2. The molecule has 3 amide bonds. The van der Waals surface area contributed by atoms with Gasteiger partial charge in [-0.15, -0.1) is 0 Å². The maximum atomic E-state index is 13.0. The molecule has 1 aromatic rings. The molecular formula is C23H32N4O3. The summed E-state index contributed by atoms with van der Waals surface area (Å²) in [5, 5.41) is 0. The van der Waals surface area contributed by atoms with Crippen molar-refractivity contribution in [3.8, 4) is 0 Å². The van der Waals surface area contributed by atoms with Gasteiger partial charge >= 0.3 is 0 Å². The molecule has 3 fully saturated rings. The first-order chi connectivity index (χ1) is 14.5. The van der Waals surface area contributed by atoms with Crippen LogP contribution in [0.25, 0.3) is 0 Å². The molecule has 30 heavy (non-hydrogen) atoms. The highest BCUT2D eigenvalue weighted by molar-refractivity contribution is 6.00. The molecule has 4 rings (SSSR count). The number of benzene rings is 1. The van der Waals surface area contributed by atoms with Gasteiger partial charge in [0.1, 0.15) is 0 Å². The fourth-order valence-electron chi connectivity index (χ4n) is 4.68. The molecule has 0 aromatic heterocycles. The highest BCUT2D eigenvalue weighted by Crippen LogP contribution is 2.27. The highest BCUT2D eigenvalue weighted by atomic mass is 16.2. The van der Waals surface area contributed by atoms with Crippen LogP contribution >= 0.6 is 0 Å². The summed E-state index contributed by atoms with van der Waals surface area (Å²) in [5.41, 5.74) is 2.11. The van der Waals surface area contributed by atoms with Gasteiger partial charge in [0.15, 0.2) is 0 Å². The van der Waals surface area contributed by atoms with Gasteiger partial charge in [-0.2, -0.15) is 0 Å². The fraction of sp³-hybridized carbons (Fsp3) is 0.609. The van der Waals surface area contributed by atoms with Crippen molar-refractivity contribution in [2.75, 3.05) is 57.3 Å². The largest absolute Gasteiger partial charge is 0.342 e. The van der Waals surface area contributed by atoms with Crippen LogP contribution in [0.5, 0.6) is 0 Å². The van der Waals surface area contributed by atoms with E-state index in [9.17, 15) is 14.4 Å². The summed E-state index contributed by atoms with van der Waals surface area (Å²) in [5.74, 6) is 0.0218. The second-order valence-electron chi connectivity index (χ2n) is 8.61. The van der Waals surface area contributed by atoms with E-state index >= 15 is 0 Å². The summed E-state index contributed by atoms with van der Waals surface area (Å²) < 4.78 is 0. The Morgan fingerprint density at radius 3 is 2.23 bits per heavy atom. The summed E-state index contributed by atoms with van der Waals surface area (Å²) in [7, 11) is 0. The average Bonchev–Trinajstić information content (AvgIpc) is 3.44. The van der Waals surface area contributed by atoms with Crippen LogP contribution in [0.3, 0.4) is 0 Å². The molecule has 3 saturated heterocycles. The standard InChI is InChI=1S/C23H32N4O3/c1-2-18-5-7-20(8-6-18)27-16-19(15-21(27)28)23(30)26-13-11-24(12-14-26)17-22(29)25-9-3-4-10-25/h5-8,19H,2-4,9-17H2,1H3/t19-/m0/s1. The molecule has 0 bridgehead atoms. The molecule has 0 radical (unpaired) electrons. The van der Waals surface area contributed by atoms with E-state index in [-0.39, 0.29) is 30.1 Å². The number of likely N-dealkylation sites (tertiary alicyclic amines) is 1. The summed E-state index contributed by atoms with van der Waals surface area (Å²) >= 11 is 0. The van der Waals surface area contributed by atoms with E-state index in [0.29, 0.717) is 39.3 Å². The number of nitrogens with zero attached hydrogens (tertiary/aromatic N) is 4. The SMILES string of the molecule is CCc1ccc(N2C[C@@H](C(=O)N3CCN(CC(=O)N4CCCC4)CC3)CC2=O)cc1. The van der Waals surface area contributed by atoms with Crippen LogP contribution in [0.4, 0.5) is 5.69 Å². The molecule has 0 saturated carbocycles. The van der Waals surface area contributed by atoms with Gasteiger partial charge in [0, 0.05) is 57.9 Å². The first kappa shape index (κ1) is 20.8. The number of hydrogen-bond donors (Lipinski definition) is 0. The molecule has 7 heteroatoms. The fourth-order valence-corrected chi connectivity index (χ4v) is 4.68. The third-order valence-electron chi connectivity index (χ3n) is 6.63. The van der Waals surface area contributed by atoms with Gasteiger partial charge in [0.25, 0.3) is 0 Å². The minimum Gasteiger partial charge on any atom is -0.342 e. The number of rotatable bonds is 5. The van der Waals surface area contributed by atoms with Crippen LogP contribution in [0, 0.1) is 5.92 Å². The number of aryl methyl sites for hydroxylation is 1. The number of anilines is 1. The second-order valence-corrected chi connectivity index (χ2v) is 8.61. The van der Waals surface area contributed by atoms with Crippen LogP contribution in [-0.2, 0) is 20.8 Å². The predicted molar refractivity (Wildman–Crippen MR) is 115 cm³/mol. The van der Waals surface area contributed by atoms with Crippen molar-refractivity contribution in [3.63, 3.8) is 0 Å². The molecule has 7 nitrogen and oxygen atoms in total. The van der Waals surface area contributed by atoms with Gasteiger partial charge in [-0.3, -0.25) is 19.3 Å². The lowest BCUT2D eigenvalue weighted by Gasteiger charge is -2.36. The van der Waals surface area contributed by atoms with Gasteiger partial charge in [-0.05, 0) is 37.0 Å². The normalized spacial score (nSPS) is 22.8. The lowest BCUT2D eigenvalue weighted by Crippen LogP contribution is -2.52. The van der Waals surface area contributed by atoms with E-state index in [2.05, 4.69) is 11.8 Å². The van der Waals surface area contributed by atoms with E-state index < -0.39 is 0 Å². The van der Waals surface area contributed by atoms with Gasteiger partial charge in [-0.1, -0.05) is 19.1 Å². The summed E-state index contributed by atoms with van der Waals surface area (Å²) in [4.78, 5) is 45.6. The minimum atomic E-state index is -0.277. The lowest BCUT2D eigenvalue weighted by atomic mass is 10.1. The minimum absolute atomic E-state index is 0.0208. The van der Waals surface area contributed by atoms with Crippen molar-refractivity contribution in [3.05, 3.63) is 29.8 Å². The Balaban J connectivity index is 1.27. The third kappa shape index (κ3) is 4.51. The van der Waals surface area contributed by atoms with Crippen molar-refractivity contribution in [2.45, 2.75) is 32.6 Å². The van der Waals surface area contributed by atoms with Crippen molar-refractivity contribution >= 4 is 23.4 Å². The quantitative estimate of drug-likeness (QED) is 0.733. The summed E-state index contributed by atoms with van der Waals surface area (Å²) in [6.07, 6.45) is 3.45. The number of hydrogen-bond acceptors (Lipinski definition) is 4.